The Hall–Kier alpha value is -2.47. The number of ketones is 1. The van der Waals surface area contributed by atoms with Crippen molar-refractivity contribution in [2.24, 2.45) is 0 Å². The van der Waals surface area contributed by atoms with E-state index < -0.39 is 5.97 Å². The highest BCUT2D eigenvalue weighted by Crippen LogP contribution is 2.19. The number of likely N-dealkylation sites (tertiary alicyclic amines) is 1. The first-order valence-electron chi connectivity index (χ1n) is 9.29. The maximum Gasteiger partial charge on any atom is 0.339 e. The Bertz CT molecular complexity index is 792. The molecule has 27 heavy (non-hydrogen) atoms. The molecule has 3 rings (SSSR count). The molecule has 0 N–H and O–H groups in total. The Morgan fingerprint density at radius 3 is 2.22 bits per heavy atom. The Balaban J connectivity index is 1.64. The number of hydrogen-bond donors (Lipinski definition) is 0. The highest BCUT2D eigenvalue weighted by Gasteiger charge is 2.22. The summed E-state index contributed by atoms with van der Waals surface area (Å²) in [4.78, 5) is 39.8. The normalized spacial score (nSPS) is 14.9. The monoisotopic (exact) mass is 385 g/mol. The van der Waals surface area contributed by atoms with Crippen LogP contribution in [0.1, 0.15) is 57.7 Å². The molecule has 2 aromatic rings. The standard InChI is InChI=1S/C21H23NO4S/c23-19(22-12-6-2-1-3-7-13-22)15-26-21(25)17-10-5-4-9-16(17)20(24)18-11-8-14-27-18/h4-5,8-11,14H,1-3,6-7,12-13,15H2. The molecule has 0 spiro atoms. The van der Waals surface area contributed by atoms with E-state index in [2.05, 4.69) is 0 Å². The molecule has 0 aliphatic carbocycles. The number of thiophene rings is 1. The first kappa shape index (κ1) is 19.3. The van der Waals surface area contributed by atoms with Crippen molar-refractivity contribution in [1.29, 1.82) is 0 Å². The van der Waals surface area contributed by atoms with Gasteiger partial charge in [0.1, 0.15) is 0 Å². The number of carbonyl (C=O) groups is 3. The van der Waals surface area contributed by atoms with Gasteiger partial charge in [0.05, 0.1) is 10.4 Å². The van der Waals surface area contributed by atoms with Crippen LogP contribution in [0, 0.1) is 0 Å². The van der Waals surface area contributed by atoms with Gasteiger partial charge in [-0.15, -0.1) is 11.3 Å². The van der Waals surface area contributed by atoms with Crippen molar-refractivity contribution in [3.05, 3.63) is 57.8 Å². The van der Waals surface area contributed by atoms with Gasteiger partial charge in [0.25, 0.3) is 5.91 Å². The van der Waals surface area contributed by atoms with E-state index in [0.29, 0.717) is 23.5 Å². The van der Waals surface area contributed by atoms with Gasteiger partial charge < -0.3 is 9.64 Å². The van der Waals surface area contributed by atoms with Gasteiger partial charge in [-0.2, -0.15) is 0 Å². The molecule has 0 radical (unpaired) electrons. The number of amides is 1. The van der Waals surface area contributed by atoms with Crippen molar-refractivity contribution in [2.75, 3.05) is 19.7 Å². The van der Waals surface area contributed by atoms with E-state index >= 15 is 0 Å². The lowest BCUT2D eigenvalue weighted by Crippen LogP contribution is -2.37. The van der Waals surface area contributed by atoms with Crippen molar-refractivity contribution in [3.63, 3.8) is 0 Å². The maximum atomic E-state index is 12.6. The average molecular weight is 385 g/mol. The summed E-state index contributed by atoms with van der Waals surface area (Å²) < 4.78 is 5.24. The molecule has 1 aromatic carbocycles. The van der Waals surface area contributed by atoms with Gasteiger partial charge in [-0.25, -0.2) is 4.79 Å². The molecule has 1 aromatic heterocycles. The lowest BCUT2D eigenvalue weighted by atomic mass is 10.0. The van der Waals surface area contributed by atoms with Crippen LogP contribution >= 0.6 is 11.3 Å². The number of hydrogen-bond acceptors (Lipinski definition) is 5. The van der Waals surface area contributed by atoms with Gasteiger partial charge in [0, 0.05) is 18.7 Å². The van der Waals surface area contributed by atoms with E-state index in [1.54, 1.807) is 41.3 Å². The minimum Gasteiger partial charge on any atom is -0.452 e. The summed E-state index contributed by atoms with van der Waals surface area (Å²) in [6, 6.07) is 10.1. The van der Waals surface area contributed by atoms with Crippen molar-refractivity contribution in [2.45, 2.75) is 32.1 Å². The fourth-order valence-electron chi connectivity index (χ4n) is 3.19. The van der Waals surface area contributed by atoms with E-state index in [1.807, 2.05) is 5.38 Å². The molecule has 0 bridgehead atoms. The summed E-state index contributed by atoms with van der Waals surface area (Å²) in [6.45, 7) is 1.13. The molecule has 1 fully saturated rings. The highest BCUT2D eigenvalue weighted by molar-refractivity contribution is 7.12. The molecule has 142 valence electrons. The minimum absolute atomic E-state index is 0.174. The second-order valence-corrected chi connectivity index (χ2v) is 7.52. The molecule has 1 aliphatic heterocycles. The molecule has 0 atom stereocenters. The van der Waals surface area contributed by atoms with E-state index in [1.165, 1.54) is 17.8 Å². The van der Waals surface area contributed by atoms with Crippen molar-refractivity contribution < 1.29 is 19.1 Å². The molecule has 1 aliphatic rings. The molecule has 5 nitrogen and oxygen atoms in total. The zero-order valence-corrected chi connectivity index (χ0v) is 16.0. The van der Waals surface area contributed by atoms with Crippen LogP contribution in [0.2, 0.25) is 0 Å². The SMILES string of the molecule is O=C(OCC(=O)N1CCCCCCC1)c1ccccc1C(=O)c1cccs1. The number of carbonyl (C=O) groups excluding carboxylic acids is 3. The Kier molecular flexibility index (Phi) is 6.76. The van der Waals surface area contributed by atoms with Crippen LogP contribution in [0.15, 0.2) is 41.8 Å². The van der Waals surface area contributed by atoms with Crippen LogP contribution < -0.4 is 0 Å². The van der Waals surface area contributed by atoms with Crippen LogP contribution in [0.25, 0.3) is 0 Å². The number of esters is 1. The molecule has 0 unspecified atom stereocenters. The minimum atomic E-state index is -0.643. The quantitative estimate of drug-likeness (QED) is 0.578. The molecule has 1 saturated heterocycles. The average Bonchev–Trinajstić information content (AvgIpc) is 3.20. The van der Waals surface area contributed by atoms with Crippen LogP contribution in [0.3, 0.4) is 0 Å². The van der Waals surface area contributed by atoms with E-state index in [-0.39, 0.29) is 23.9 Å². The summed E-state index contributed by atoms with van der Waals surface area (Å²) in [7, 11) is 0. The third-order valence-electron chi connectivity index (χ3n) is 4.67. The highest BCUT2D eigenvalue weighted by atomic mass is 32.1. The third-order valence-corrected chi connectivity index (χ3v) is 5.54. The van der Waals surface area contributed by atoms with Gasteiger partial charge in [0.15, 0.2) is 6.61 Å². The maximum absolute atomic E-state index is 12.6. The summed E-state index contributed by atoms with van der Waals surface area (Å²) in [5.41, 5.74) is 0.486. The van der Waals surface area contributed by atoms with Gasteiger partial charge in [-0.05, 0) is 30.4 Å². The summed E-state index contributed by atoms with van der Waals surface area (Å²) in [6.07, 6.45) is 5.44. The Morgan fingerprint density at radius 1 is 0.889 bits per heavy atom. The largest absolute Gasteiger partial charge is 0.452 e. The van der Waals surface area contributed by atoms with Crippen molar-refractivity contribution in [1.82, 2.24) is 4.90 Å². The van der Waals surface area contributed by atoms with Crippen LogP contribution in [0.5, 0.6) is 0 Å². The van der Waals surface area contributed by atoms with Gasteiger partial charge in [-0.1, -0.05) is 43.5 Å². The number of rotatable bonds is 5. The topological polar surface area (TPSA) is 63.7 Å². The zero-order valence-electron chi connectivity index (χ0n) is 15.2. The zero-order chi connectivity index (χ0) is 19.1. The summed E-state index contributed by atoms with van der Waals surface area (Å²) in [5.74, 6) is -1.03. The van der Waals surface area contributed by atoms with Gasteiger partial charge in [0.2, 0.25) is 5.78 Å². The molecule has 0 saturated carbocycles. The van der Waals surface area contributed by atoms with Crippen molar-refractivity contribution >= 4 is 29.0 Å². The van der Waals surface area contributed by atoms with Gasteiger partial charge >= 0.3 is 5.97 Å². The van der Waals surface area contributed by atoms with E-state index in [9.17, 15) is 14.4 Å². The predicted octanol–water partition coefficient (Wildman–Crippen LogP) is 3.93. The van der Waals surface area contributed by atoms with Crippen LogP contribution in [0.4, 0.5) is 0 Å². The fourth-order valence-corrected chi connectivity index (χ4v) is 3.87. The van der Waals surface area contributed by atoms with Gasteiger partial charge in [-0.3, -0.25) is 9.59 Å². The third kappa shape index (κ3) is 5.04. The first-order chi connectivity index (χ1) is 13.2. The Labute approximate surface area is 162 Å². The fraction of sp³-hybridized carbons (Fsp3) is 0.381. The Morgan fingerprint density at radius 2 is 1.56 bits per heavy atom. The van der Waals surface area contributed by atoms with Crippen LogP contribution in [-0.4, -0.2) is 42.3 Å². The van der Waals surface area contributed by atoms with Crippen molar-refractivity contribution in [3.8, 4) is 0 Å². The molecule has 1 amide bonds. The van der Waals surface area contributed by atoms with Crippen LogP contribution in [-0.2, 0) is 9.53 Å². The number of benzene rings is 1. The second-order valence-electron chi connectivity index (χ2n) is 6.58. The molecule has 2 heterocycles. The summed E-state index contributed by atoms with van der Waals surface area (Å²) in [5, 5.41) is 1.82. The predicted molar refractivity (Wildman–Crippen MR) is 104 cm³/mol. The number of nitrogens with zero attached hydrogens (tertiary/aromatic N) is 1. The molecular formula is C21H23NO4S. The summed E-state index contributed by atoms with van der Waals surface area (Å²) >= 11 is 1.32. The molecule has 6 heteroatoms. The number of ether oxygens (including phenoxy) is 1. The lowest BCUT2D eigenvalue weighted by Gasteiger charge is -2.24. The first-order valence-corrected chi connectivity index (χ1v) is 10.2. The smallest absolute Gasteiger partial charge is 0.339 e. The lowest BCUT2D eigenvalue weighted by molar-refractivity contribution is -0.134. The molecular weight excluding hydrogens is 362 g/mol. The van der Waals surface area contributed by atoms with E-state index in [0.717, 1.165) is 25.7 Å². The second kappa shape index (κ2) is 9.46. The van der Waals surface area contributed by atoms with E-state index in [4.69, 9.17) is 4.74 Å².